The monoisotopic (exact) mass is 306 g/mol. The van der Waals surface area contributed by atoms with Crippen LogP contribution in [-0.4, -0.2) is 54.3 Å². The molecular formula is C15H19ClN4O. The Balaban J connectivity index is 1.64. The predicted molar refractivity (Wildman–Crippen MR) is 85.0 cm³/mol. The molecule has 3 rings (SSSR count). The fraction of sp³-hybridized carbons (Fsp3) is 0.467. The highest BCUT2D eigenvalue weighted by Crippen LogP contribution is 2.23. The van der Waals surface area contributed by atoms with E-state index < -0.39 is 0 Å². The second-order valence-electron chi connectivity index (χ2n) is 5.17. The van der Waals surface area contributed by atoms with Gasteiger partial charge in [-0.05, 0) is 25.1 Å². The Morgan fingerprint density at radius 2 is 2.10 bits per heavy atom. The zero-order chi connectivity index (χ0) is 14.7. The summed E-state index contributed by atoms with van der Waals surface area (Å²) in [6.45, 7) is 7.45. The van der Waals surface area contributed by atoms with Gasteiger partial charge in [0.25, 0.3) is 0 Å². The molecule has 5 nitrogen and oxygen atoms in total. The SMILES string of the molecule is Cc1nc(Cl)c2cc(NCCN3CCOCC3)ccc2n1. The summed E-state index contributed by atoms with van der Waals surface area (Å²) >= 11 is 6.19. The number of aryl methyl sites for hydroxylation is 1. The Hall–Kier alpha value is -1.43. The molecule has 0 radical (unpaired) electrons. The zero-order valence-corrected chi connectivity index (χ0v) is 12.9. The molecule has 1 N–H and O–H groups in total. The molecule has 1 aromatic carbocycles. The third-order valence-electron chi connectivity index (χ3n) is 3.62. The van der Waals surface area contributed by atoms with Gasteiger partial charge in [0.05, 0.1) is 18.7 Å². The van der Waals surface area contributed by atoms with Crippen molar-refractivity contribution in [1.82, 2.24) is 14.9 Å². The summed E-state index contributed by atoms with van der Waals surface area (Å²) in [5.74, 6) is 0.695. The molecule has 0 unspecified atom stereocenters. The van der Waals surface area contributed by atoms with Gasteiger partial charge in [-0.2, -0.15) is 0 Å². The Morgan fingerprint density at radius 1 is 1.29 bits per heavy atom. The van der Waals surface area contributed by atoms with Crippen LogP contribution in [0.4, 0.5) is 5.69 Å². The van der Waals surface area contributed by atoms with Gasteiger partial charge >= 0.3 is 0 Å². The van der Waals surface area contributed by atoms with E-state index in [4.69, 9.17) is 16.3 Å². The number of halogens is 1. The quantitative estimate of drug-likeness (QED) is 0.879. The second kappa shape index (κ2) is 6.56. The molecule has 1 aromatic heterocycles. The number of morpholine rings is 1. The van der Waals surface area contributed by atoms with Gasteiger partial charge in [-0.1, -0.05) is 11.6 Å². The Morgan fingerprint density at radius 3 is 2.90 bits per heavy atom. The van der Waals surface area contributed by atoms with Crippen molar-refractivity contribution in [3.63, 3.8) is 0 Å². The van der Waals surface area contributed by atoms with Crippen LogP contribution in [-0.2, 0) is 4.74 Å². The third kappa shape index (κ3) is 3.61. The Bertz CT molecular complexity index is 628. The van der Waals surface area contributed by atoms with Gasteiger partial charge in [0.15, 0.2) is 0 Å². The molecule has 0 saturated carbocycles. The predicted octanol–water partition coefficient (Wildman–Crippen LogP) is 2.34. The van der Waals surface area contributed by atoms with Gasteiger partial charge in [-0.15, -0.1) is 0 Å². The Labute approximate surface area is 129 Å². The standard InChI is InChI=1S/C15H19ClN4O/c1-11-18-14-3-2-12(10-13(14)15(16)19-11)17-4-5-20-6-8-21-9-7-20/h2-3,10,17H,4-9H2,1H3. The van der Waals surface area contributed by atoms with Crippen LogP contribution in [0.25, 0.3) is 10.9 Å². The molecule has 1 saturated heterocycles. The smallest absolute Gasteiger partial charge is 0.140 e. The van der Waals surface area contributed by atoms with Crippen LogP contribution in [0.5, 0.6) is 0 Å². The lowest BCUT2D eigenvalue weighted by atomic mass is 10.2. The largest absolute Gasteiger partial charge is 0.384 e. The van der Waals surface area contributed by atoms with Gasteiger partial charge in [-0.25, -0.2) is 9.97 Å². The minimum absolute atomic E-state index is 0.509. The maximum absolute atomic E-state index is 6.19. The van der Waals surface area contributed by atoms with Gasteiger partial charge in [-0.3, -0.25) is 4.90 Å². The molecule has 21 heavy (non-hydrogen) atoms. The first-order valence-corrected chi connectivity index (χ1v) is 7.58. The molecule has 1 fully saturated rings. The van der Waals surface area contributed by atoms with Crippen molar-refractivity contribution >= 4 is 28.2 Å². The first-order valence-electron chi connectivity index (χ1n) is 7.20. The molecule has 2 aromatic rings. The maximum Gasteiger partial charge on any atom is 0.140 e. The number of hydrogen-bond acceptors (Lipinski definition) is 5. The van der Waals surface area contributed by atoms with Gasteiger partial charge in [0, 0.05) is 37.3 Å². The molecule has 0 spiro atoms. The summed E-state index contributed by atoms with van der Waals surface area (Å²) in [6.07, 6.45) is 0. The van der Waals surface area contributed by atoms with E-state index >= 15 is 0 Å². The lowest BCUT2D eigenvalue weighted by Crippen LogP contribution is -2.38. The van der Waals surface area contributed by atoms with E-state index in [1.54, 1.807) is 0 Å². The fourth-order valence-corrected chi connectivity index (χ4v) is 2.77. The maximum atomic E-state index is 6.19. The van der Waals surface area contributed by atoms with Crippen LogP contribution in [0.15, 0.2) is 18.2 Å². The molecule has 1 aliphatic rings. The van der Waals surface area contributed by atoms with E-state index in [1.807, 2.05) is 25.1 Å². The number of ether oxygens (including phenoxy) is 1. The van der Waals surface area contributed by atoms with Crippen molar-refractivity contribution in [2.75, 3.05) is 44.7 Å². The number of nitrogens with one attached hydrogen (secondary N) is 1. The first-order chi connectivity index (χ1) is 10.2. The first kappa shape index (κ1) is 14.5. The molecule has 0 atom stereocenters. The van der Waals surface area contributed by atoms with Gasteiger partial charge in [0.1, 0.15) is 11.0 Å². The summed E-state index contributed by atoms with van der Waals surface area (Å²) in [7, 11) is 0. The minimum atomic E-state index is 0.509. The van der Waals surface area contributed by atoms with E-state index in [0.717, 1.165) is 56.0 Å². The average Bonchev–Trinajstić information content (AvgIpc) is 2.49. The van der Waals surface area contributed by atoms with Crippen LogP contribution >= 0.6 is 11.6 Å². The minimum Gasteiger partial charge on any atom is -0.384 e. The van der Waals surface area contributed by atoms with Crippen LogP contribution in [0, 0.1) is 6.92 Å². The Kier molecular flexibility index (Phi) is 4.53. The van der Waals surface area contributed by atoms with Crippen LogP contribution in [0.2, 0.25) is 5.15 Å². The summed E-state index contributed by atoms with van der Waals surface area (Å²) in [6, 6.07) is 6.02. The summed E-state index contributed by atoms with van der Waals surface area (Å²) in [4.78, 5) is 11.0. The van der Waals surface area contributed by atoms with Crippen molar-refractivity contribution in [2.45, 2.75) is 6.92 Å². The molecule has 0 aliphatic carbocycles. The molecule has 6 heteroatoms. The summed E-state index contributed by atoms with van der Waals surface area (Å²) < 4.78 is 5.34. The number of aromatic nitrogens is 2. The number of rotatable bonds is 4. The summed E-state index contributed by atoms with van der Waals surface area (Å²) in [5, 5.41) is 4.83. The van der Waals surface area contributed by atoms with E-state index in [2.05, 4.69) is 20.2 Å². The van der Waals surface area contributed by atoms with Crippen LogP contribution < -0.4 is 5.32 Å². The zero-order valence-electron chi connectivity index (χ0n) is 12.1. The number of benzene rings is 1. The van der Waals surface area contributed by atoms with Crippen molar-refractivity contribution in [3.05, 3.63) is 29.2 Å². The van der Waals surface area contributed by atoms with Crippen molar-refractivity contribution in [3.8, 4) is 0 Å². The molecule has 112 valence electrons. The lowest BCUT2D eigenvalue weighted by molar-refractivity contribution is 0.0398. The number of hydrogen-bond donors (Lipinski definition) is 1. The lowest BCUT2D eigenvalue weighted by Gasteiger charge is -2.26. The van der Waals surface area contributed by atoms with E-state index in [9.17, 15) is 0 Å². The highest BCUT2D eigenvalue weighted by Gasteiger charge is 2.09. The van der Waals surface area contributed by atoms with Crippen LogP contribution in [0.1, 0.15) is 5.82 Å². The molecule has 1 aliphatic heterocycles. The second-order valence-corrected chi connectivity index (χ2v) is 5.53. The fourth-order valence-electron chi connectivity index (χ4n) is 2.49. The van der Waals surface area contributed by atoms with Gasteiger partial charge < -0.3 is 10.1 Å². The van der Waals surface area contributed by atoms with E-state index in [1.165, 1.54) is 0 Å². The number of anilines is 1. The van der Waals surface area contributed by atoms with Crippen molar-refractivity contribution in [1.29, 1.82) is 0 Å². The summed E-state index contributed by atoms with van der Waals surface area (Å²) in [5.41, 5.74) is 1.93. The number of fused-ring (bicyclic) bond motifs is 1. The molecule has 0 bridgehead atoms. The topological polar surface area (TPSA) is 50.3 Å². The molecular weight excluding hydrogens is 288 g/mol. The highest BCUT2D eigenvalue weighted by atomic mass is 35.5. The van der Waals surface area contributed by atoms with Crippen molar-refractivity contribution in [2.24, 2.45) is 0 Å². The molecule has 0 amide bonds. The van der Waals surface area contributed by atoms with Crippen LogP contribution in [0.3, 0.4) is 0 Å². The van der Waals surface area contributed by atoms with Gasteiger partial charge in [0.2, 0.25) is 0 Å². The van der Waals surface area contributed by atoms with E-state index in [-0.39, 0.29) is 0 Å². The van der Waals surface area contributed by atoms with Crippen molar-refractivity contribution < 1.29 is 4.74 Å². The normalized spacial score (nSPS) is 16.3. The van der Waals surface area contributed by atoms with E-state index in [0.29, 0.717) is 11.0 Å². The molecule has 2 heterocycles. The third-order valence-corrected chi connectivity index (χ3v) is 3.91. The average molecular weight is 307 g/mol. The highest BCUT2D eigenvalue weighted by molar-refractivity contribution is 6.34. The number of nitrogens with zero attached hydrogens (tertiary/aromatic N) is 3.